The first kappa shape index (κ1) is 13.7. The van der Waals surface area contributed by atoms with Crippen molar-refractivity contribution in [3.63, 3.8) is 0 Å². The van der Waals surface area contributed by atoms with Crippen molar-refractivity contribution in [2.45, 2.75) is 46.5 Å². The topological polar surface area (TPSA) is 75.3 Å². The van der Waals surface area contributed by atoms with Crippen molar-refractivity contribution in [3.05, 3.63) is 0 Å². The van der Waals surface area contributed by atoms with E-state index in [4.69, 9.17) is 0 Å². The summed E-state index contributed by atoms with van der Waals surface area (Å²) in [7, 11) is 0. The van der Waals surface area contributed by atoms with Crippen LogP contribution in [0.1, 0.15) is 46.5 Å². The first-order valence-corrected chi connectivity index (χ1v) is 6.09. The van der Waals surface area contributed by atoms with Crippen molar-refractivity contribution in [2.75, 3.05) is 0 Å². The molecule has 4 amide bonds. The standard InChI is InChI=1S/C12H20N2O3/c1-4-5-6-12(7-8(2)3)9(15)13-11(17)14-10(12)16/h8H,4-7H2,1-3H3,(H2,13,14,15,16,17). The average molecular weight is 240 g/mol. The molecule has 0 unspecified atom stereocenters. The minimum absolute atomic E-state index is 0.219. The summed E-state index contributed by atoms with van der Waals surface area (Å²) in [6.45, 7) is 5.93. The number of amides is 4. The summed E-state index contributed by atoms with van der Waals surface area (Å²) < 4.78 is 0. The number of urea groups is 1. The van der Waals surface area contributed by atoms with E-state index in [2.05, 4.69) is 10.6 Å². The molecule has 5 heteroatoms. The summed E-state index contributed by atoms with van der Waals surface area (Å²) in [5.41, 5.74) is -1.07. The van der Waals surface area contributed by atoms with Crippen molar-refractivity contribution in [1.82, 2.24) is 10.6 Å². The zero-order valence-corrected chi connectivity index (χ0v) is 10.6. The van der Waals surface area contributed by atoms with Crippen LogP contribution in [-0.2, 0) is 9.59 Å². The summed E-state index contributed by atoms with van der Waals surface area (Å²) in [4.78, 5) is 35.0. The number of rotatable bonds is 5. The van der Waals surface area contributed by atoms with Crippen LogP contribution in [0.15, 0.2) is 0 Å². The Bertz CT molecular complexity index is 317. The van der Waals surface area contributed by atoms with Crippen LogP contribution in [-0.4, -0.2) is 17.8 Å². The number of hydrogen-bond donors (Lipinski definition) is 2. The third-order valence-electron chi connectivity index (χ3n) is 3.04. The van der Waals surface area contributed by atoms with Crippen LogP contribution in [0, 0.1) is 11.3 Å². The van der Waals surface area contributed by atoms with E-state index in [-0.39, 0.29) is 5.92 Å². The van der Waals surface area contributed by atoms with Crippen LogP contribution in [0.3, 0.4) is 0 Å². The van der Waals surface area contributed by atoms with Crippen LogP contribution in [0.25, 0.3) is 0 Å². The van der Waals surface area contributed by atoms with Crippen molar-refractivity contribution in [3.8, 4) is 0 Å². The molecule has 0 aromatic rings. The van der Waals surface area contributed by atoms with Gasteiger partial charge in [0.1, 0.15) is 5.41 Å². The molecule has 0 spiro atoms. The fraction of sp³-hybridized carbons (Fsp3) is 0.750. The van der Waals surface area contributed by atoms with Gasteiger partial charge in [0.25, 0.3) is 0 Å². The second kappa shape index (κ2) is 5.29. The number of nitrogens with one attached hydrogen (secondary N) is 2. The van der Waals surface area contributed by atoms with Crippen molar-refractivity contribution < 1.29 is 14.4 Å². The zero-order valence-electron chi connectivity index (χ0n) is 10.6. The maximum atomic E-state index is 12.0. The van der Waals surface area contributed by atoms with Crippen molar-refractivity contribution in [2.24, 2.45) is 11.3 Å². The van der Waals surface area contributed by atoms with Gasteiger partial charge in [0.05, 0.1) is 0 Å². The molecule has 0 radical (unpaired) electrons. The molecule has 5 nitrogen and oxygen atoms in total. The first-order valence-electron chi connectivity index (χ1n) is 6.09. The lowest BCUT2D eigenvalue weighted by atomic mass is 9.73. The van der Waals surface area contributed by atoms with Gasteiger partial charge in [-0.05, 0) is 18.8 Å². The molecule has 1 heterocycles. The molecule has 0 atom stereocenters. The second-order valence-electron chi connectivity index (χ2n) is 5.02. The van der Waals surface area contributed by atoms with E-state index in [1.54, 1.807) is 0 Å². The van der Waals surface area contributed by atoms with Gasteiger partial charge in [0, 0.05) is 0 Å². The number of unbranched alkanes of at least 4 members (excludes halogenated alkanes) is 1. The molecular weight excluding hydrogens is 220 g/mol. The Morgan fingerprint density at radius 3 is 2.06 bits per heavy atom. The number of hydrogen-bond acceptors (Lipinski definition) is 3. The first-order chi connectivity index (χ1) is 7.92. The van der Waals surface area contributed by atoms with Gasteiger partial charge >= 0.3 is 6.03 Å². The van der Waals surface area contributed by atoms with Gasteiger partial charge in [0.2, 0.25) is 11.8 Å². The van der Waals surface area contributed by atoms with E-state index in [0.29, 0.717) is 12.8 Å². The number of imide groups is 2. The molecule has 0 saturated carbocycles. The lowest BCUT2D eigenvalue weighted by Gasteiger charge is -2.35. The Kier molecular flexibility index (Phi) is 4.26. The number of barbiturate groups is 1. The average Bonchev–Trinajstić information content (AvgIpc) is 2.21. The van der Waals surface area contributed by atoms with E-state index in [0.717, 1.165) is 12.8 Å². The number of carbonyl (C=O) groups excluding carboxylic acids is 3. The summed E-state index contributed by atoms with van der Waals surface area (Å²) in [6.07, 6.45) is 2.67. The smallest absolute Gasteiger partial charge is 0.277 e. The SMILES string of the molecule is CCCCC1(CC(C)C)C(=O)NC(=O)NC1=O. The van der Waals surface area contributed by atoms with Crippen LogP contribution >= 0.6 is 0 Å². The Morgan fingerprint density at radius 1 is 1.12 bits per heavy atom. The highest BCUT2D eigenvalue weighted by atomic mass is 16.2. The molecular formula is C12H20N2O3. The molecule has 0 bridgehead atoms. The minimum atomic E-state index is -1.07. The van der Waals surface area contributed by atoms with E-state index in [9.17, 15) is 14.4 Å². The summed E-state index contributed by atoms with van der Waals surface area (Å²) in [5, 5.41) is 4.41. The monoisotopic (exact) mass is 240 g/mol. The third kappa shape index (κ3) is 2.84. The third-order valence-corrected chi connectivity index (χ3v) is 3.04. The molecule has 1 fully saturated rings. The molecule has 1 saturated heterocycles. The maximum Gasteiger partial charge on any atom is 0.328 e. The highest BCUT2D eigenvalue weighted by Crippen LogP contribution is 2.34. The van der Waals surface area contributed by atoms with Crippen LogP contribution in [0.4, 0.5) is 4.79 Å². The van der Waals surface area contributed by atoms with E-state index in [1.807, 2.05) is 20.8 Å². The Labute approximate surface area is 101 Å². The van der Waals surface area contributed by atoms with Gasteiger partial charge in [-0.25, -0.2) is 4.79 Å². The molecule has 1 aliphatic rings. The zero-order chi connectivity index (χ0) is 13.1. The largest absolute Gasteiger partial charge is 0.328 e. The highest BCUT2D eigenvalue weighted by Gasteiger charge is 2.49. The van der Waals surface area contributed by atoms with Gasteiger partial charge in [0.15, 0.2) is 0 Å². The number of carbonyl (C=O) groups is 3. The second-order valence-corrected chi connectivity index (χ2v) is 5.02. The van der Waals surface area contributed by atoms with Crippen LogP contribution in [0.2, 0.25) is 0 Å². The minimum Gasteiger partial charge on any atom is -0.277 e. The van der Waals surface area contributed by atoms with Gasteiger partial charge in [-0.15, -0.1) is 0 Å². The molecule has 0 aromatic heterocycles. The fourth-order valence-corrected chi connectivity index (χ4v) is 2.27. The molecule has 1 rings (SSSR count). The predicted molar refractivity (Wildman–Crippen MR) is 63.1 cm³/mol. The van der Waals surface area contributed by atoms with E-state index >= 15 is 0 Å². The Balaban J connectivity index is 2.97. The summed E-state index contributed by atoms with van der Waals surface area (Å²) in [6, 6.07) is -0.712. The maximum absolute atomic E-state index is 12.0. The Hall–Kier alpha value is -1.39. The molecule has 96 valence electrons. The molecule has 0 aliphatic carbocycles. The highest BCUT2D eigenvalue weighted by molar-refractivity contribution is 6.19. The van der Waals surface area contributed by atoms with E-state index < -0.39 is 23.3 Å². The summed E-state index contributed by atoms with van der Waals surface area (Å²) in [5.74, 6) is -0.682. The van der Waals surface area contributed by atoms with Crippen LogP contribution < -0.4 is 10.6 Å². The fourth-order valence-electron chi connectivity index (χ4n) is 2.27. The Morgan fingerprint density at radius 2 is 1.65 bits per heavy atom. The molecule has 17 heavy (non-hydrogen) atoms. The van der Waals surface area contributed by atoms with Gasteiger partial charge in [-0.1, -0.05) is 33.6 Å². The van der Waals surface area contributed by atoms with Gasteiger partial charge < -0.3 is 0 Å². The van der Waals surface area contributed by atoms with E-state index in [1.165, 1.54) is 0 Å². The quantitative estimate of drug-likeness (QED) is 0.716. The van der Waals surface area contributed by atoms with Gasteiger partial charge in [-0.3, -0.25) is 20.2 Å². The van der Waals surface area contributed by atoms with Gasteiger partial charge in [-0.2, -0.15) is 0 Å². The van der Waals surface area contributed by atoms with Crippen molar-refractivity contribution in [1.29, 1.82) is 0 Å². The lowest BCUT2D eigenvalue weighted by molar-refractivity contribution is -0.146. The molecule has 0 aromatic carbocycles. The lowest BCUT2D eigenvalue weighted by Crippen LogP contribution is -2.62. The molecule has 1 aliphatic heterocycles. The summed E-state index contributed by atoms with van der Waals surface area (Å²) >= 11 is 0. The van der Waals surface area contributed by atoms with Crippen LogP contribution in [0.5, 0.6) is 0 Å². The van der Waals surface area contributed by atoms with Crippen molar-refractivity contribution >= 4 is 17.8 Å². The normalized spacial score (nSPS) is 19.2. The predicted octanol–water partition coefficient (Wildman–Crippen LogP) is 1.58. The molecule has 2 N–H and O–H groups in total.